The average Bonchev–Trinajstić information content (AvgIpc) is 2.42. The summed E-state index contributed by atoms with van der Waals surface area (Å²) in [7, 11) is 0. The monoisotopic (exact) mass is 202 g/mol. The molecule has 1 aromatic carbocycles. The summed E-state index contributed by atoms with van der Waals surface area (Å²) in [6.07, 6.45) is 0.683. The van der Waals surface area contributed by atoms with E-state index in [1.54, 1.807) is 0 Å². The van der Waals surface area contributed by atoms with Gasteiger partial charge in [-0.1, -0.05) is 44.5 Å². The summed E-state index contributed by atoms with van der Waals surface area (Å²) < 4.78 is 0. The van der Waals surface area contributed by atoms with Crippen LogP contribution in [0.4, 0.5) is 0 Å². The Hall–Kier alpha value is -1.11. The maximum Gasteiger partial charge on any atom is 0.163 e. The molecule has 0 aromatic heterocycles. The summed E-state index contributed by atoms with van der Waals surface area (Å²) in [5.74, 6) is 0.699. The Morgan fingerprint density at radius 2 is 1.93 bits per heavy atom. The molecule has 1 atom stereocenters. The second-order valence-electron chi connectivity index (χ2n) is 5.64. The molecule has 0 spiro atoms. The molecule has 0 radical (unpaired) electrons. The van der Waals surface area contributed by atoms with Crippen molar-refractivity contribution in [3.05, 3.63) is 34.9 Å². The van der Waals surface area contributed by atoms with Crippen molar-refractivity contribution in [3.8, 4) is 0 Å². The van der Waals surface area contributed by atoms with Gasteiger partial charge in [0.15, 0.2) is 5.78 Å². The van der Waals surface area contributed by atoms with Crippen molar-refractivity contribution in [2.24, 2.45) is 5.41 Å². The number of carbonyl (C=O) groups excluding carboxylic acids is 1. The summed E-state index contributed by atoms with van der Waals surface area (Å²) in [5, 5.41) is 0. The number of rotatable bonds is 0. The highest BCUT2D eigenvalue weighted by Gasteiger charge is 2.36. The largest absolute Gasteiger partial charge is 0.294 e. The molecule has 2 rings (SSSR count). The van der Waals surface area contributed by atoms with Gasteiger partial charge >= 0.3 is 0 Å². The summed E-state index contributed by atoms with van der Waals surface area (Å²) in [6, 6.07) is 6.19. The minimum atomic E-state index is 0.175. The zero-order chi connectivity index (χ0) is 11.2. The number of aryl methyl sites for hydroxylation is 1. The van der Waals surface area contributed by atoms with Crippen LogP contribution in [0.15, 0.2) is 18.2 Å². The smallest absolute Gasteiger partial charge is 0.163 e. The fraction of sp³-hybridized carbons (Fsp3) is 0.500. The highest BCUT2D eigenvalue weighted by Crippen LogP contribution is 2.44. The molecule has 1 unspecified atom stereocenters. The lowest BCUT2D eigenvalue weighted by Gasteiger charge is -2.27. The molecule has 1 nitrogen and oxygen atoms in total. The van der Waals surface area contributed by atoms with Crippen LogP contribution in [0.2, 0.25) is 0 Å². The molecular formula is C14H18O. The first-order valence-corrected chi connectivity index (χ1v) is 5.53. The number of ketones is 1. The fourth-order valence-corrected chi connectivity index (χ4v) is 2.40. The van der Waals surface area contributed by atoms with E-state index in [-0.39, 0.29) is 5.41 Å². The normalized spacial score (nSPS) is 20.5. The molecule has 1 aromatic rings. The van der Waals surface area contributed by atoms with E-state index in [4.69, 9.17) is 0 Å². The van der Waals surface area contributed by atoms with Gasteiger partial charge in [0.2, 0.25) is 0 Å². The van der Waals surface area contributed by atoms with Gasteiger partial charge in [0.05, 0.1) is 0 Å². The lowest BCUT2D eigenvalue weighted by molar-refractivity contribution is 0.0975. The molecule has 0 saturated heterocycles. The third-order valence-electron chi connectivity index (χ3n) is 3.32. The van der Waals surface area contributed by atoms with Crippen molar-refractivity contribution in [1.29, 1.82) is 0 Å². The molecular weight excluding hydrogens is 184 g/mol. The molecule has 0 amide bonds. The number of carbonyl (C=O) groups is 1. The Kier molecular flexibility index (Phi) is 2.22. The molecule has 0 heterocycles. The predicted octanol–water partition coefficient (Wildman–Crippen LogP) is 3.71. The number of benzene rings is 1. The van der Waals surface area contributed by atoms with Crippen molar-refractivity contribution >= 4 is 5.78 Å². The molecule has 80 valence electrons. The fourth-order valence-electron chi connectivity index (χ4n) is 2.40. The van der Waals surface area contributed by atoms with Crippen LogP contribution in [0.25, 0.3) is 0 Å². The summed E-state index contributed by atoms with van der Waals surface area (Å²) >= 11 is 0. The number of fused-ring (bicyclic) bond motifs is 1. The Balaban J connectivity index is 2.53. The maximum atomic E-state index is 11.8. The van der Waals surface area contributed by atoms with Gasteiger partial charge < -0.3 is 0 Å². The SMILES string of the molecule is Cc1ccc2c(c1)C(C(C)(C)C)CC2=O. The molecule has 1 aliphatic carbocycles. The molecule has 0 saturated carbocycles. The zero-order valence-corrected chi connectivity index (χ0v) is 9.92. The summed E-state index contributed by atoms with van der Waals surface area (Å²) in [6.45, 7) is 8.72. The second-order valence-corrected chi connectivity index (χ2v) is 5.64. The van der Waals surface area contributed by atoms with Gasteiger partial charge in [0.25, 0.3) is 0 Å². The van der Waals surface area contributed by atoms with Crippen molar-refractivity contribution in [3.63, 3.8) is 0 Å². The molecule has 1 heteroatoms. The van der Waals surface area contributed by atoms with E-state index < -0.39 is 0 Å². The van der Waals surface area contributed by atoms with Crippen LogP contribution in [0.1, 0.15) is 54.6 Å². The van der Waals surface area contributed by atoms with Crippen molar-refractivity contribution in [1.82, 2.24) is 0 Å². The number of hydrogen-bond acceptors (Lipinski definition) is 1. The van der Waals surface area contributed by atoms with Crippen LogP contribution < -0.4 is 0 Å². The van der Waals surface area contributed by atoms with Crippen LogP contribution in [-0.4, -0.2) is 5.78 Å². The van der Waals surface area contributed by atoms with E-state index in [2.05, 4.69) is 33.8 Å². The highest BCUT2D eigenvalue weighted by molar-refractivity contribution is 6.01. The topological polar surface area (TPSA) is 17.1 Å². The van der Waals surface area contributed by atoms with Gasteiger partial charge in [0.1, 0.15) is 0 Å². The van der Waals surface area contributed by atoms with Crippen molar-refractivity contribution in [2.75, 3.05) is 0 Å². The van der Waals surface area contributed by atoms with Gasteiger partial charge in [-0.3, -0.25) is 4.79 Å². The standard InChI is InChI=1S/C14H18O/c1-9-5-6-10-11(7-9)12(8-13(10)15)14(2,3)4/h5-7,12H,8H2,1-4H3. The Bertz CT molecular complexity index is 410. The van der Waals surface area contributed by atoms with E-state index >= 15 is 0 Å². The van der Waals surface area contributed by atoms with Crippen LogP contribution in [0, 0.1) is 12.3 Å². The van der Waals surface area contributed by atoms with Gasteiger partial charge in [-0.25, -0.2) is 0 Å². The maximum absolute atomic E-state index is 11.8. The summed E-state index contributed by atoms with van der Waals surface area (Å²) in [4.78, 5) is 11.8. The minimum absolute atomic E-state index is 0.175. The number of Topliss-reactive ketones (excluding diaryl/α,β-unsaturated/α-hetero) is 1. The van der Waals surface area contributed by atoms with Gasteiger partial charge in [-0.05, 0) is 23.8 Å². The first-order chi connectivity index (χ1) is 6.89. The zero-order valence-electron chi connectivity index (χ0n) is 9.92. The lowest BCUT2D eigenvalue weighted by atomic mass is 9.77. The molecule has 0 fully saturated rings. The molecule has 0 N–H and O–H groups in total. The van der Waals surface area contributed by atoms with Gasteiger partial charge in [-0.2, -0.15) is 0 Å². The van der Waals surface area contributed by atoms with Gasteiger partial charge in [-0.15, -0.1) is 0 Å². The van der Waals surface area contributed by atoms with Gasteiger partial charge in [0, 0.05) is 12.0 Å². The summed E-state index contributed by atoms with van der Waals surface area (Å²) in [5.41, 5.74) is 3.63. The van der Waals surface area contributed by atoms with E-state index in [0.29, 0.717) is 18.1 Å². The Morgan fingerprint density at radius 3 is 2.53 bits per heavy atom. The molecule has 15 heavy (non-hydrogen) atoms. The van der Waals surface area contributed by atoms with Crippen molar-refractivity contribution < 1.29 is 4.79 Å². The van der Waals surface area contributed by atoms with Crippen LogP contribution >= 0.6 is 0 Å². The van der Waals surface area contributed by atoms with E-state index in [1.807, 2.05) is 12.1 Å². The molecule has 1 aliphatic rings. The Labute approximate surface area is 91.5 Å². The average molecular weight is 202 g/mol. The lowest BCUT2D eigenvalue weighted by Crippen LogP contribution is -2.16. The first kappa shape index (κ1) is 10.4. The highest BCUT2D eigenvalue weighted by atomic mass is 16.1. The van der Waals surface area contributed by atoms with E-state index in [9.17, 15) is 4.79 Å². The first-order valence-electron chi connectivity index (χ1n) is 5.53. The number of hydrogen-bond donors (Lipinski definition) is 0. The van der Waals surface area contributed by atoms with Crippen LogP contribution in [-0.2, 0) is 0 Å². The Morgan fingerprint density at radius 1 is 1.27 bits per heavy atom. The quantitative estimate of drug-likeness (QED) is 0.626. The van der Waals surface area contributed by atoms with Crippen molar-refractivity contribution in [2.45, 2.75) is 40.0 Å². The molecule has 0 bridgehead atoms. The minimum Gasteiger partial charge on any atom is -0.294 e. The third-order valence-corrected chi connectivity index (χ3v) is 3.32. The van der Waals surface area contributed by atoms with Crippen LogP contribution in [0.5, 0.6) is 0 Å². The van der Waals surface area contributed by atoms with E-state index in [1.165, 1.54) is 11.1 Å². The predicted molar refractivity (Wildman–Crippen MR) is 62.3 cm³/mol. The van der Waals surface area contributed by atoms with E-state index in [0.717, 1.165) is 5.56 Å². The third kappa shape index (κ3) is 1.71. The second kappa shape index (κ2) is 3.19. The molecule has 0 aliphatic heterocycles. The van der Waals surface area contributed by atoms with Crippen LogP contribution in [0.3, 0.4) is 0 Å².